The van der Waals surface area contributed by atoms with Gasteiger partial charge in [0.1, 0.15) is 5.69 Å². The maximum atomic E-state index is 11.8. The summed E-state index contributed by atoms with van der Waals surface area (Å²) in [4.78, 5) is 14.6. The number of benzene rings is 1. The zero-order valence-electron chi connectivity index (χ0n) is 10.2. The third-order valence-corrected chi connectivity index (χ3v) is 3.47. The summed E-state index contributed by atoms with van der Waals surface area (Å²) in [6, 6.07) is 9.79. The molecule has 1 N–H and O–H groups in total. The fourth-order valence-corrected chi connectivity index (χ4v) is 2.17. The minimum atomic E-state index is -0.146. The molecule has 0 aliphatic heterocycles. The molecule has 1 aromatic heterocycles. The van der Waals surface area contributed by atoms with Crippen molar-refractivity contribution in [2.24, 2.45) is 0 Å². The summed E-state index contributed by atoms with van der Waals surface area (Å²) in [5.41, 5.74) is 1.38. The molecular weight excluding hydrogens is 246 g/mol. The molecule has 0 atom stereocenters. The van der Waals surface area contributed by atoms with E-state index in [9.17, 15) is 4.79 Å². The Bertz CT molecular complexity index is 554. The standard InChI is InChI=1S/C13H15N3OS/c1-2-8-18-13-14-12(17)11(15-16-13)9-10-6-4-3-5-7-10/h3-7H,2,8-9H2,1H3,(H,14,16,17). The van der Waals surface area contributed by atoms with E-state index in [0.29, 0.717) is 17.3 Å². The summed E-state index contributed by atoms with van der Waals surface area (Å²) in [5.74, 6) is 0.933. The molecule has 0 radical (unpaired) electrons. The molecule has 1 heterocycles. The number of nitrogens with one attached hydrogen (secondary N) is 1. The monoisotopic (exact) mass is 261 g/mol. The zero-order valence-corrected chi connectivity index (χ0v) is 11.0. The van der Waals surface area contributed by atoms with Crippen LogP contribution in [0, 0.1) is 0 Å². The van der Waals surface area contributed by atoms with E-state index in [0.717, 1.165) is 17.7 Å². The van der Waals surface area contributed by atoms with E-state index in [1.807, 2.05) is 30.3 Å². The van der Waals surface area contributed by atoms with Crippen molar-refractivity contribution in [1.82, 2.24) is 15.2 Å². The van der Waals surface area contributed by atoms with E-state index in [4.69, 9.17) is 0 Å². The second-order valence-electron chi connectivity index (χ2n) is 3.92. The van der Waals surface area contributed by atoms with Crippen molar-refractivity contribution in [2.45, 2.75) is 24.9 Å². The van der Waals surface area contributed by atoms with Crippen LogP contribution in [0.15, 0.2) is 40.3 Å². The number of aromatic nitrogens is 3. The molecule has 0 spiro atoms. The van der Waals surface area contributed by atoms with Crippen LogP contribution in [0.2, 0.25) is 0 Å². The molecule has 0 saturated carbocycles. The van der Waals surface area contributed by atoms with Crippen molar-refractivity contribution in [2.75, 3.05) is 5.75 Å². The number of H-pyrrole nitrogens is 1. The minimum absolute atomic E-state index is 0.146. The van der Waals surface area contributed by atoms with Gasteiger partial charge in [-0.1, -0.05) is 49.0 Å². The predicted molar refractivity (Wildman–Crippen MR) is 72.9 cm³/mol. The molecule has 0 unspecified atom stereocenters. The van der Waals surface area contributed by atoms with Crippen LogP contribution in [-0.2, 0) is 6.42 Å². The van der Waals surface area contributed by atoms with Crippen molar-refractivity contribution < 1.29 is 0 Å². The minimum Gasteiger partial charge on any atom is -0.298 e. The average molecular weight is 261 g/mol. The van der Waals surface area contributed by atoms with Gasteiger partial charge in [-0.2, -0.15) is 0 Å². The van der Waals surface area contributed by atoms with E-state index in [1.165, 1.54) is 11.8 Å². The van der Waals surface area contributed by atoms with E-state index in [2.05, 4.69) is 22.1 Å². The van der Waals surface area contributed by atoms with Crippen molar-refractivity contribution >= 4 is 11.8 Å². The summed E-state index contributed by atoms with van der Waals surface area (Å²) in [7, 11) is 0. The van der Waals surface area contributed by atoms with Crippen LogP contribution in [0.1, 0.15) is 24.6 Å². The largest absolute Gasteiger partial charge is 0.298 e. The second kappa shape index (κ2) is 6.35. The summed E-state index contributed by atoms with van der Waals surface area (Å²) < 4.78 is 0. The van der Waals surface area contributed by atoms with Gasteiger partial charge in [0.15, 0.2) is 5.16 Å². The molecule has 0 bridgehead atoms. The van der Waals surface area contributed by atoms with Gasteiger partial charge in [-0.3, -0.25) is 9.78 Å². The van der Waals surface area contributed by atoms with Gasteiger partial charge in [0, 0.05) is 12.2 Å². The first-order valence-electron chi connectivity index (χ1n) is 5.92. The van der Waals surface area contributed by atoms with Gasteiger partial charge >= 0.3 is 0 Å². The molecule has 0 amide bonds. The van der Waals surface area contributed by atoms with Crippen LogP contribution < -0.4 is 5.56 Å². The van der Waals surface area contributed by atoms with E-state index < -0.39 is 0 Å². The maximum absolute atomic E-state index is 11.8. The topological polar surface area (TPSA) is 58.6 Å². The average Bonchev–Trinajstić information content (AvgIpc) is 2.40. The van der Waals surface area contributed by atoms with Crippen molar-refractivity contribution in [3.05, 3.63) is 51.9 Å². The number of thioether (sulfide) groups is 1. The molecule has 2 rings (SSSR count). The van der Waals surface area contributed by atoms with Gasteiger partial charge in [0.25, 0.3) is 5.56 Å². The molecule has 1 aromatic carbocycles. The van der Waals surface area contributed by atoms with Crippen LogP contribution >= 0.6 is 11.8 Å². The highest BCUT2D eigenvalue weighted by molar-refractivity contribution is 7.99. The van der Waals surface area contributed by atoms with E-state index >= 15 is 0 Å². The Labute approximate surface area is 110 Å². The summed E-state index contributed by atoms with van der Waals surface area (Å²) in [5, 5.41) is 8.64. The Morgan fingerprint density at radius 1 is 1.22 bits per heavy atom. The lowest BCUT2D eigenvalue weighted by Crippen LogP contribution is -2.17. The van der Waals surface area contributed by atoms with Gasteiger partial charge in [-0.05, 0) is 12.0 Å². The van der Waals surface area contributed by atoms with Crippen molar-refractivity contribution in [1.29, 1.82) is 0 Å². The van der Waals surface area contributed by atoms with Gasteiger partial charge in [0.2, 0.25) is 0 Å². The SMILES string of the molecule is CCCSc1nnc(Cc2ccccc2)c(=O)[nH]1. The summed E-state index contributed by atoms with van der Waals surface area (Å²) >= 11 is 1.52. The van der Waals surface area contributed by atoms with Crippen molar-refractivity contribution in [3.63, 3.8) is 0 Å². The molecule has 18 heavy (non-hydrogen) atoms. The summed E-state index contributed by atoms with van der Waals surface area (Å²) in [6.45, 7) is 2.09. The normalized spacial score (nSPS) is 10.5. The lowest BCUT2D eigenvalue weighted by molar-refractivity contribution is 0.772. The molecule has 2 aromatic rings. The Hall–Kier alpha value is -1.62. The highest BCUT2D eigenvalue weighted by Gasteiger charge is 2.05. The van der Waals surface area contributed by atoms with Crippen LogP contribution in [-0.4, -0.2) is 20.9 Å². The third-order valence-electron chi connectivity index (χ3n) is 2.40. The van der Waals surface area contributed by atoms with Crippen LogP contribution in [0.5, 0.6) is 0 Å². The fourth-order valence-electron chi connectivity index (χ4n) is 1.51. The molecule has 0 aliphatic rings. The lowest BCUT2D eigenvalue weighted by Gasteiger charge is -2.01. The molecule has 0 aliphatic carbocycles. The molecule has 4 nitrogen and oxygen atoms in total. The number of hydrogen-bond donors (Lipinski definition) is 1. The highest BCUT2D eigenvalue weighted by atomic mass is 32.2. The second-order valence-corrected chi connectivity index (χ2v) is 5.00. The fraction of sp³-hybridized carbons (Fsp3) is 0.308. The molecular formula is C13H15N3OS. The maximum Gasteiger partial charge on any atom is 0.273 e. The van der Waals surface area contributed by atoms with Gasteiger partial charge in [-0.15, -0.1) is 10.2 Å². The van der Waals surface area contributed by atoms with E-state index in [-0.39, 0.29) is 5.56 Å². The lowest BCUT2D eigenvalue weighted by atomic mass is 10.1. The van der Waals surface area contributed by atoms with Gasteiger partial charge < -0.3 is 0 Å². The van der Waals surface area contributed by atoms with Crippen molar-refractivity contribution in [3.8, 4) is 0 Å². The third kappa shape index (κ3) is 3.43. The Morgan fingerprint density at radius 3 is 2.67 bits per heavy atom. The molecule has 0 fully saturated rings. The van der Waals surface area contributed by atoms with Gasteiger partial charge in [-0.25, -0.2) is 0 Å². The quantitative estimate of drug-likeness (QED) is 0.839. The first kappa shape index (κ1) is 12.8. The summed E-state index contributed by atoms with van der Waals surface area (Å²) in [6.07, 6.45) is 1.56. The molecule has 0 saturated heterocycles. The van der Waals surface area contributed by atoms with Crippen LogP contribution in [0.3, 0.4) is 0 Å². The Balaban J connectivity index is 2.13. The predicted octanol–water partition coefficient (Wildman–Crippen LogP) is 2.26. The van der Waals surface area contributed by atoms with E-state index in [1.54, 1.807) is 0 Å². The van der Waals surface area contributed by atoms with Crippen LogP contribution in [0.25, 0.3) is 0 Å². The molecule has 5 heteroatoms. The first-order chi connectivity index (χ1) is 8.79. The highest BCUT2D eigenvalue weighted by Crippen LogP contribution is 2.11. The number of nitrogens with zero attached hydrogens (tertiary/aromatic N) is 2. The zero-order chi connectivity index (χ0) is 12.8. The first-order valence-corrected chi connectivity index (χ1v) is 6.90. The van der Waals surface area contributed by atoms with Crippen LogP contribution in [0.4, 0.5) is 0 Å². The Morgan fingerprint density at radius 2 is 2.00 bits per heavy atom. The number of hydrogen-bond acceptors (Lipinski definition) is 4. The number of rotatable bonds is 5. The smallest absolute Gasteiger partial charge is 0.273 e. The number of aromatic amines is 1. The Kier molecular flexibility index (Phi) is 4.52. The van der Waals surface area contributed by atoms with Gasteiger partial charge in [0.05, 0.1) is 0 Å². The molecule has 94 valence electrons.